The molecular weight excluding hydrogens is 326 g/mol. The number of nitrogens with zero attached hydrogens (tertiary/aromatic N) is 2. The highest BCUT2D eigenvalue weighted by molar-refractivity contribution is 7.92. The lowest BCUT2D eigenvalue weighted by Crippen LogP contribution is -2.57. The molecule has 0 bridgehead atoms. The zero-order valence-corrected chi connectivity index (χ0v) is 16.2. The third kappa shape index (κ3) is 4.23. The molecule has 1 heterocycles. The maximum Gasteiger partial charge on any atom is 0.194 e. The summed E-state index contributed by atoms with van der Waals surface area (Å²) in [7, 11) is -3.05. The van der Waals surface area contributed by atoms with Crippen molar-refractivity contribution in [2.75, 3.05) is 38.5 Å². The maximum absolute atomic E-state index is 12.2. The number of rotatable bonds is 5. The molecule has 0 aromatic rings. The molecule has 24 heavy (non-hydrogen) atoms. The highest BCUT2D eigenvalue weighted by atomic mass is 32.2. The molecule has 2 rings (SSSR count). The first-order chi connectivity index (χ1) is 11.3. The van der Waals surface area contributed by atoms with E-state index < -0.39 is 14.6 Å². The normalized spacial score (nSPS) is 25.7. The van der Waals surface area contributed by atoms with Crippen LogP contribution in [0, 0.1) is 5.41 Å². The van der Waals surface area contributed by atoms with E-state index in [1.54, 1.807) is 13.8 Å². The van der Waals surface area contributed by atoms with Crippen LogP contribution in [0.3, 0.4) is 0 Å². The van der Waals surface area contributed by atoms with Crippen molar-refractivity contribution in [3.63, 3.8) is 0 Å². The summed E-state index contributed by atoms with van der Waals surface area (Å²) in [5.41, 5.74) is 0.118. The molecule has 1 saturated heterocycles. The van der Waals surface area contributed by atoms with Crippen LogP contribution in [-0.2, 0) is 9.84 Å². The van der Waals surface area contributed by atoms with Crippen LogP contribution >= 0.6 is 0 Å². The van der Waals surface area contributed by atoms with Gasteiger partial charge < -0.3 is 15.3 Å². The van der Waals surface area contributed by atoms with E-state index in [1.165, 1.54) is 12.8 Å². The molecule has 0 radical (unpaired) electrons. The molecule has 2 N–H and O–H groups in total. The Morgan fingerprint density at radius 1 is 1.29 bits per heavy atom. The molecular formula is C17H33N3O3S. The lowest BCUT2D eigenvalue weighted by atomic mass is 9.83. The fraction of sp³-hybridized carbons (Fsp3) is 0.941. The predicted molar refractivity (Wildman–Crippen MR) is 98.0 cm³/mol. The van der Waals surface area contributed by atoms with Gasteiger partial charge in [-0.2, -0.15) is 0 Å². The highest BCUT2D eigenvalue weighted by Gasteiger charge is 2.41. The van der Waals surface area contributed by atoms with Crippen LogP contribution in [0.25, 0.3) is 0 Å². The molecule has 0 spiro atoms. The highest BCUT2D eigenvalue weighted by Crippen LogP contribution is 2.41. The lowest BCUT2D eigenvalue weighted by molar-refractivity contribution is 0.190. The quantitative estimate of drug-likeness (QED) is 0.573. The van der Waals surface area contributed by atoms with Gasteiger partial charge in [-0.15, -0.1) is 0 Å². The van der Waals surface area contributed by atoms with Gasteiger partial charge in [0.15, 0.2) is 15.8 Å². The maximum atomic E-state index is 12.2. The van der Waals surface area contributed by atoms with Crippen molar-refractivity contribution in [1.29, 1.82) is 0 Å². The van der Waals surface area contributed by atoms with E-state index in [9.17, 15) is 13.5 Å². The monoisotopic (exact) mass is 359 g/mol. The molecule has 2 aliphatic rings. The Labute approximate surface area is 146 Å². The Kier molecular flexibility index (Phi) is 6.18. The second kappa shape index (κ2) is 7.60. The van der Waals surface area contributed by atoms with E-state index >= 15 is 0 Å². The summed E-state index contributed by atoms with van der Waals surface area (Å²) in [4.78, 5) is 6.92. The number of guanidine groups is 1. The first kappa shape index (κ1) is 19.5. The van der Waals surface area contributed by atoms with E-state index in [0.717, 1.165) is 31.8 Å². The molecule has 0 aromatic carbocycles. The van der Waals surface area contributed by atoms with Crippen LogP contribution in [0.1, 0.15) is 52.9 Å². The fourth-order valence-electron chi connectivity index (χ4n) is 3.84. The topological polar surface area (TPSA) is 82.0 Å². The van der Waals surface area contributed by atoms with Gasteiger partial charge in [-0.1, -0.05) is 12.8 Å². The summed E-state index contributed by atoms with van der Waals surface area (Å²) in [5.74, 6) is 0.983. The number of sulfone groups is 1. The van der Waals surface area contributed by atoms with Gasteiger partial charge in [0.1, 0.15) is 0 Å². The number of hydrogen-bond donors (Lipinski definition) is 2. The van der Waals surface area contributed by atoms with E-state index in [0.29, 0.717) is 19.6 Å². The molecule has 0 unspecified atom stereocenters. The third-order valence-corrected chi connectivity index (χ3v) is 8.08. The standard InChI is InChI=1S/C17H33N3O3S/c1-4-18-15(19-13-17(9-11-21)7-5-6-8-17)20-10-12-24(22,23)16(2,3)14-20/h21H,4-14H2,1-3H3,(H,18,19). The molecule has 2 fully saturated rings. The summed E-state index contributed by atoms with van der Waals surface area (Å²) in [6.45, 7) is 8.25. The Balaban J connectivity index is 2.14. The van der Waals surface area contributed by atoms with Crippen LogP contribution in [0.2, 0.25) is 0 Å². The smallest absolute Gasteiger partial charge is 0.194 e. The van der Waals surface area contributed by atoms with E-state index in [-0.39, 0.29) is 17.8 Å². The lowest BCUT2D eigenvalue weighted by Gasteiger charge is -2.39. The molecule has 0 atom stereocenters. The first-order valence-corrected chi connectivity index (χ1v) is 10.8. The van der Waals surface area contributed by atoms with Crippen molar-refractivity contribution in [1.82, 2.24) is 10.2 Å². The average molecular weight is 360 g/mol. The zero-order chi connectivity index (χ0) is 17.8. The van der Waals surface area contributed by atoms with Gasteiger partial charge in [-0.25, -0.2) is 8.42 Å². The van der Waals surface area contributed by atoms with Crippen LogP contribution in [0.4, 0.5) is 0 Å². The number of aliphatic hydroxyl groups excluding tert-OH is 1. The largest absolute Gasteiger partial charge is 0.396 e. The van der Waals surface area contributed by atoms with Crippen molar-refractivity contribution < 1.29 is 13.5 Å². The first-order valence-electron chi connectivity index (χ1n) is 9.12. The Morgan fingerprint density at radius 3 is 2.50 bits per heavy atom. The molecule has 1 aliphatic heterocycles. The summed E-state index contributed by atoms with van der Waals surface area (Å²) < 4.78 is 23.7. The zero-order valence-electron chi connectivity index (χ0n) is 15.3. The summed E-state index contributed by atoms with van der Waals surface area (Å²) in [6, 6.07) is 0. The van der Waals surface area contributed by atoms with E-state index in [1.807, 2.05) is 6.92 Å². The molecule has 1 saturated carbocycles. The van der Waals surface area contributed by atoms with Gasteiger partial charge in [0, 0.05) is 32.8 Å². The van der Waals surface area contributed by atoms with Gasteiger partial charge in [0.2, 0.25) is 0 Å². The SMILES string of the molecule is CCNC(=NCC1(CCO)CCCC1)N1CCS(=O)(=O)C(C)(C)C1. The van der Waals surface area contributed by atoms with Gasteiger partial charge >= 0.3 is 0 Å². The van der Waals surface area contributed by atoms with Gasteiger partial charge in [-0.3, -0.25) is 4.99 Å². The fourth-order valence-corrected chi connectivity index (χ4v) is 5.21. The molecule has 6 nitrogen and oxygen atoms in total. The number of nitrogens with one attached hydrogen (secondary N) is 1. The minimum Gasteiger partial charge on any atom is -0.396 e. The average Bonchev–Trinajstić information content (AvgIpc) is 2.96. The molecule has 7 heteroatoms. The second-order valence-electron chi connectivity index (χ2n) is 7.85. The van der Waals surface area contributed by atoms with E-state index in [4.69, 9.17) is 4.99 Å². The molecule has 1 aliphatic carbocycles. The number of aliphatic imine (C=N–C) groups is 1. The summed E-state index contributed by atoms with van der Waals surface area (Å²) in [6.07, 6.45) is 5.46. The third-order valence-electron chi connectivity index (χ3n) is 5.55. The number of aliphatic hydroxyl groups is 1. The van der Waals surface area contributed by atoms with Crippen molar-refractivity contribution in [2.45, 2.75) is 57.6 Å². The Hall–Kier alpha value is -0.820. The molecule has 0 aromatic heterocycles. The van der Waals surface area contributed by atoms with Crippen LogP contribution in [-0.4, -0.2) is 67.7 Å². The van der Waals surface area contributed by atoms with Crippen LogP contribution < -0.4 is 5.32 Å². The van der Waals surface area contributed by atoms with Gasteiger partial charge in [-0.05, 0) is 45.4 Å². The Morgan fingerprint density at radius 2 is 1.96 bits per heavy atom. The summed E-state index contributed by atoms with van der Waals surface area (Å²) in [5, 5.41) is 12.7. The van der Waals surface area contributed by atoms with Crippen LogP contribution in [0.15, 0.2) is 4.99 Å². The summed E-state index contributed by atoms with van der Waals surface area (Å²) >= 11 is 0. The van der Waals surface area contributed by atoms with Crippen molar-refractivity contribution in [3.05, 3.63) is 0 Å². The predicted octanol–water partition coefficient (Wildman–Crippen LogP) is 1.40. The molecule has 140 valence electrons. The van der Waals surface area contributed by atoms with Gasteiger partial charge in [0.25, 0.3) is 0 Å². The minimum atomic E-state index is -3.05. The van der Waals surface area contributed by atoms with Gasteiger partial charge in [0.05, 0.1) is 10.5 Å². The van der Waals surface area contributed by atoms with E-state index in [2.05, 4.69) is 10.2 Å². The second-order valence-corrected chi connectivity index (χ2v) is 10.6. The molecule has 0 amide bonds. The van der Waals surface area contributed by atoms with Crippen molar-refractivity contribution in [2.24, 2.45) is 10.4 Å². The van der Waals surface area contributed by atoms with Crippen LogP contribution in [0.5, 0.6) is 0 Å². The number of hydrogen-bond acceptors (Lipinski definition) is 4. The Bertz CT molecular complexity index is 551. The minimum absolute atomic E-state index is 0.118. The van der Waals surface area contributed by atoms with Crippen molar-refractivity contribution >= 4 is 15.8 Å². The van der Waals surface area contributed by atoms with Crippen molar-refractivity contribution in [3.8, 4) is 0 Å².